The monoisotopic (exact) mass is 304 g/mol. The largest absolute Gasteiger partial charge is 0.419 e. The summed E-state index contributed by atoms with van der Waals surface area (Å²) in [4.78, 5) is 0. The lowest BCUT2D eigenvalue weighted by Gasteiger charge is -2.09. The van der Waals surface area contributed by atoms with Gasteiger partial charge in [-0.3, -0.25) is 0 Å². The summed E-state index contributed by atoms with van der Waals surface area (Å²) in [6.45, 7) is 1.51. The van der Waals surface area contributed by atoms with Gasteiger partial charge in [-0.1, -0.05) is 0 Å². The third kappa shape index (κ3) is 2.32. The minimum absolute atomic E-state index is 0.425. The number of rotatable bonds is 0. The van der Waals surface area contributed by atoms with Gasteiger partial charge in [-0.25, -0.2) is 4.39 Å². The summed E-state index contributed by atoms with van der Waals surface area (Å²) in [6, 6.07) is 1.70. The average Bonchev–Trinajstić information content (AvgIpc) is 1.94. The zero-order chi connectivity index (χ0) is 10.2. The van der Waals surface area contributed by atoms with Gasteiger partial charge in [-0.2, -0.15) is 13.2 Å². The van der Waals surface area contributed by atoms with Crippen molar-refractivity contribution in [1.82, 2.24) is 0 Å². The van der Waals surface area contributed by atoms with Crippen LogP contribution in [0.1, 0.15) is 11.1 Å². The third-order valence-corrected chi connectivity index (χ3v) is 2.72. The van der Waals surface area contributed by atoms with E-state index >= 15 is 0 Å². The van der Waals surface area contributed by atoms with Gasteiger partial charge in [0.15, 0.2) is 0 Å². The van der Waals surface area contributed by atoms with Crippen LogP contribution in [-0.4, -0.2) is 0 Å². The lowest BCUT2D eigenvalue weighted by Crippen LogP contribution is -2.08. The molecule has 0 heterocycles. The Morgan fingerprint density at radius 1 is 1.23 bits per heavy atom. The van der Waals surface area contributed by atoms with Crippen LogP contribution in [0.4, 0.5) is 17.6 Å². The Kier molecular flexibility index (Phi) is 2.84. The Morgan fingerprint density at radius 2 is 1.77 bits per heavy atom. The fourth-order valence-electron chi connectivity index (χ4n) is 0.874. The normalized spacial score (nSPS) is 11.8. The van der Waals surface area contributed by atoms with Crippen LogP contribution in [0.5, 0.6) is 0 Å². The number of halogens is 5. The van der Waals surface area contributed by atoms with Gasteiger partial charge >= 0.3 is 6.18 Å². The SMILES string of the molecule is Cc1cc(C(F)(F)F)c(F)cc1I. The summed E-state index contributed by atoms with van der Waals surface area (Å²) in [6.07, 6.45) is -4.61. The zero-order valence-corrected chi connectivity index (χ0v) is 8.70. The van der Waals surface area contributed by atoms with Gasteiger partial charge in [0.25, 0.3) is 0 Å². The predicted molar refractivity (Wildman–Crippen MR) is 48.9 cm³/mol. The van der Waals surface area contributed by atoms with Crippen LogP contribution < -0.4 is 0 Å². The average molecular weight is 304 g/mol. The second kappa shape index (κ2) is 3.43. The molecule has 0 nitrogen and oxygen atoms in total. The Labute approximate surface area is 86.1 Å². The molecule has 0 spiro atoms. The molecular weight excluding hydrogens is 299 g/mol. The Balaban J connectivity index is 3.32. The molecule has 13 heavy (non-hydrogen) atoms. The predicted octanol–water partition coefficient (Wildman–Crippen LogP) is 3.76. The molecule has 72 valence electrons. The first-order valence-corrected chi connectivity index (χ1v) is 4.43. The maximum Gasteiger partial charge on any atom is 0.419 e. The lowest BCUT2D eigenvalue weighted by molar-refractivity contribution is -0.140. The molecule has 0 aliphatic rings. The van der Waals surface area contributed by atoms with Crippen LogP contribution >= 0.6 is 22.6 Å². The van der Waals surface area contributed by atoms with Crippen molar-refractivity contribution in [2.75, 3.05) is 0 Å². The van der Waals surface area contributed by atoms with Gasteiger partial charge in [-0.05, 0) is 47.2 Å². The van der Waals surface area contributed by atoms with Gasteiger partial charge in [0.05, 0.1) is 5.56 Å². The van der Waals surface area contributed by atoms with Gasteiger partial charge in [0.2, 0.25) is 0 Å². The molecule has 0 aliphatic heterocycles. The first-order valence-electron chi connectivity index (χ1n) is 3.35. The van der Waals surface area contributed by atoms with Gasteiger partial charge in [-0.15, -0.1) is 0 Å². The van der Waals surface area contributed by atoms with E-state index in [1.165, 1.54) is 6.92 Å². The van der Waals surface area contributed by atoms with Crippen molar-refractivity contribution < 1.29 is 17.6 Å². The van der Waals surface area contributed by atoms with E-state index in [1.807, 2.05) is 0 Å². The third-order valence-electron chi connectivity index (χ3n) is 1.55. The van der Waals surface area contributed by atoms with E-state index in [9.17, 15) is 17.6 Å². The highest BCUT2D eigenvalue weighted by Gasteiger charge is 2.34. The molecule has 0 aromatic heterocycles. The van der Waals surface area contributed by atoms with E-state index in [2.05, 4.69) is 0 Å². The number of benzene rings is 1. The highest BCUT2D eigenvalue weighted by atomic mass is 127. The van der Waals surface area contributed by atoms with Crippen molar-refractivity contribution in [1.29, 1.82) is 0 Å². The van der Waals surface area contributed by atoms with Crippen LogP contribution in [0.3, 0.4) is 0 Å². The van der Waals surface area contributed by atoms with Crippen molar-refractivity contribution in [3.8, 4) is 0 Å². The highest BCUT2D eigenvalue weighted by Crippen LogP contribution is 2.32. The molecule has 5 heteroatoms. The quantitative estimate of drug-likeness (QED) is 0.506. The summed E-state index contributed by atoms with van der Waals surface area (Å²) in [5, 5.41) is 0. The zero-order valence-electron chi connectivity index (χ0n) is 6.54. The number of aryl methyl sites for hydroxylation is 1. The van der Waals surface area contributed by atoms with Crippen LogP contribution in [0, 0.1) is 16.3 Å². The van der Waals surface area contributed by atoms with E-state index in [4.69, 9.17) is 0 Å². The molecule has 0 saturated carbocycles. The fraction of sp³-hybridized carbons (Fsp3) is 0.250. The van der Waals surface area contributed by atoms with Gasteiger partial charge in [0.1, 0.15) is 5.82 Å². The Hall–Kier alpha value is -0.330. The minimum Gasteiger partial charge on any atom is -0.206 e. The van der Waals surface area contributed by atoms with Gasteiger partial charge in [0, 0.05) is 3.57 Å². The summed E-state index contributed by atoms with van der Waals surface area (Å²) in [7, 11) is 0. The first kappa shape index (κ1) is 10.7. The smallest absolute Gasteiger partial charge is 0.206 e. The molecule has 0 radical (unpaired) electrons. The molecule has 1 rings (SSSR count). The van der Waals surface area contributed by atoms with Crippen LogP contribution in [0.25, 0.3) is 0 Å². The standard InChI is InChI=1S/C8H5F4I/c1-4-2-5(8(10,11)12)6(9)3-7(4)13/h2-3H,1H3. The van der Waals surface area contributed by atoms with Gasteiger partial charge < -0.3 is 0 Å². The van der Waals surface area contributed by atoms with E-state index < -0.39 is 17.6 Å². The number of hydrogen-bond acceptors (Lipinski definition) is 0. The molecular formula is C8H5F4I. The molecule has 1 aromatic carbocycles. The minimum atomic E-state index is -4.61. The molecule has 0 N–H and O–H groups in total. The van der Waals surface area contributed by atoms with E-state index in [0.717, 1.165) is 12.1 Å². The first-order chi connectivity index (χ1) is 5.82. The van der Waals surface area contributed by atoms with Crippen molar-refractivity contribution in [3.05, 3.63) is 32.6 Å². The lowest BCUT2D eigenvalue weighted by atomic mass is 10.1. The second-order valence-corrected chi connectivity index (χ2v) is 3.74. The molecule has 0 amide bonds. The molecule has 0 bridgehead atoms. The Morgan fingerprint density at radius 3 is 2.23 bits per heavy atom. The number of alkyl halides is 3. The fourth-order valence-corrected chi connectivity index (χ4v) is 1.30. The molecule has 0 unspecified atom stereocenters. The van der Waals surface area contributed by atoms with Crippen LogP contribution in [-0.2, 0) is 6.18 Å². The van der Waals surface area contributed by atoms with Crippen LogP contribution in [0.15, 0.2) is 12.1 Å². The highest BCUT2D eigenvalue weighted by molar-refractivity contribution is 14.1. The van der Waals surface area contributed by atoms with Crippen molar-refractivity contribution in [3.63, 3.8) is 0 Å². The van der Waals surface area contributed by atoms with Crippen molar-refractivity contribution in [2.24, 2.45) is 0 Å². The number of hydrogen-bond donors (Lipinski definition) is 0. The Bertz CT molecular complexity index is 330. The summed E-state index contributed by atoms with van der Waals surface area (Å²) in [5.74, 6) is -1.22. The molecule has 0 atom stereocenters. The maximum absolute atomic E-state index is 12.8. The van der Waals surface area contributed by atoms with Crippen molar-refractivity contribution in [2.45, 2.75) is 13.1 Å². The van der Waals surface area contributed by atoms with E-state index in [-0.39, 0.29) is 0 Å². The van der Waals surface area contributed by atoms with E-state index in [0.29, 0.717) is 9.13 Å². The topological polar surface area (TPSA) is 0 Å². The second-order valence-electron chi connectivity index (χ2n) is 2.58. The molecule has 0 saturated heterocycles. The van der Waals surface area contributed by atoms with E-state index in [1.54, 1.807) is 22.6 Å². The van der Waals surface area contributed by atoms with Crippen molar-refractivity contribution >= 4 is 22.6 Å². The summed E-state index contributed by atoms with van der Waals surface area (Å²) < 4.78 is 49.6. The molecule has 0 aliphatic carbocycles. The molecule has 1 aromatic rings. The maximum atomic E-state index is 12.8. The summed E-state index contributed by atoms with van der Waals surface area (Å²) >= 11 is 1.79. The van der Waals surface area contributed by atoms with Crippen LogP contribution in [0.2, 0.25) is 0 Å². The molecule has 0 fully saturated rings. The summed E-state index contributed by atoms with van der Waals surface area (Å²) in [5.41, 5.74) is -0.778.